The van der Waals surface area contributed by atoms with Crippen molar-refractivity contribution in [2.24, 2.45) is 5.73 Å². The minimum absolute atomic E-state index is 0. The topological polar surface area (TPSA) is 68.0 Å². The fourth-order valence-electron chi connectivity index (χ4n) is 2.44. The van der Waals surface area contributed by atoms with Crippen LogP contribution < -0.4 is 11.1 Å². The second-order valence-corrected chi connectivity index (χ2v) is 7.94. The molecule has 1 fully saturated rings. The fourth-order valence-corrected chi connectivity index (χ4v) is 4.75. The van der Waals surface area contributed by atoms with Crippen molar-refractivity contribution in [3.05, 3.63) is 27.0 Å². The van der Waals surface area contributed by atoms with Gasteiger partial charge in [-0.15, -0.1) is 47.5 Å². The minimum Gasteiger partial charge on any atom is -0.348 e. The van der Waals surface area contributed by atoms with Crippen molar-refractivity contribution in [2.75, 3.05) is 0 Å². The standard InChI is InChI=1S/C14H16BrN3OS2.2ClH/c15-8-5-12(20-6-8)14-18-11(7-21-14)13(19)17-10-3-1-9(16)2-4-10;;/h5-7,9-10H,1-4,16H2,(H,17,19);2*1H. The van der Waals surface area contributed by atoms with Gasteiger partial charge in [0.15, 0.2) is 0 Å². The number of nitrogens with two attached hydrogens (primary N) is 1. The van der Waals surface area contributed by atoms with Gasteiger partial charge in [0.2, 0.25) is 0 Å². The van der Waals surface area contributed by atoms with Crippen LogP contribution >= 0.6 is 63.4 Å². The predicted molar refractivity (Wildman–Crippen MR) is 105 cm³/mol. The van der Waals surface area contributed by atoms with Gasteiger partial charge in [0.25, 0.3) is 5.91 Å². The van der Waals surface area contributed by atoms with Crippen molar-refractivity contribution in [1.82, 2.24) is 10.3 Å². The first-order valence-corrected chi connectivity index (χ1v) is 9.43. The third-order valence-corrected chi connectivity index (χ3v) is 6.32. The van der Waals surface area contributed by atoms with E-state index in [1.807, 2.05) is 16.8 Å². The van der Waals surface area contributed by atoms with Crippen LogP contribution in [-0.2, 0) is 0 Å². The number of aromatic nitrogens is 1. The number of nitrogens with zero attached hydrogens (tertiary/aromatic N) is 1. The van der Waals surface area contributed by atoms with Crippen LogP contribution in [0.3, 0.4) is 0 Å². The van der Waals surface area contributed by atoms with Crippen molar-refractivity contribution >= 4 is 69.3 Å². The average Bonchev–Trinajstić information content (AvgIpc) is 3.10. The van der Waals surface area contributed by atoms with E-state index >= 15 is 0 Å². The molecule has 1 aliphatic rings. The second-order valence-electron chi connectivity index (χ2n) is 5.25. The molecule has 3 rings (SSSR count). The highest BCUT2D eigenvalue weighted by molar-refractivity contribution is 9.10. The van der Waals surface area contributed by atoms with Crippen molar-refractivity contribution < 1.29 is 4.79 Å². The highest BCUT2D eigenvalue weighted by atomic mass is 79.9. The third kappa shape index (κ3) is 5.41. The van der Waals surface area contributed by atoms with E-state index in [0.29, 0.717) is 11.7 Å². The summed E-state index contributed by atoms with van der Waals surface area (Å²) in [4.78, 5) is 17.8. The third-order valence-electron chi connectivity index (χ3n) is 3.62. The van der Waals surface area contributed by atoms with E-state index in [-0.39, 0.29) is 36.8 Å². The lowest BCUT2D eigenvalue weighted by Crippen LogP contribution is -2.40. The number of thiophene rings is 1. The lowest BCUT2D eigenvalue weighted by atomic mass is 9.92. The maximum atomic E-state index is 12.2. The molecule has 2 aromatic rings. The smallest absolute Gasteiger partial charge is 0.270 e. The fraction of sp³-hybridized carbons (Fsp3) is 0.429. The summed E-state index contributed by atoms with van der Waals surface area (Å²) < 4.78 is 1.04. The largest absolute Gasteiger partial charge is 0.348 e. The van der Waals surface area contributed by atoms with Crippen molar-refractivity contribution in [2.45, 2.75) is 37.8 Å². The lowest BCUT2D eigenvalue weighted by molar-refractivity contribution is 0.0921. The zero-order valence-corrected chi connectivity index (χ0v) is 17.0. The van der Waals surface area contributed by atoms with Crippen molar-refractivity contribution in [3.8, 4) is 9.88 Å². The molecule has 0 aromatic carbocycles. The Balaban J connectivity index is 0.00000132. The number of carbonyl (C=O) groups excluding carboxylic acids is 1. The van der Waals surface area contributed by atoms with E-state index in [0.717, 1.165) is 40.0 Å². The quantitative estimate of drug-likeness (QED) is 0.712. The van der Waals surface area contributed by atoms with Crippen molar-refractivity contribution in [1.29, 1.82) is 0 Å². The van der Waals surface area contributed by atoms with Crippen LogP contribution in [0, 0.1) is 0 Å². The molecule has 9 heteroatoms. The lowest BCUT2D eigenvalue weighted by Gasteiger charge is -2.26. The summed E-state index contributed by atoms with van der Waals surface area (Å²) in [5.74, 6) is -0.0754. The second kappa shape index (κ2) is 9.34. The Kier molecular flexibility index (Phi) is 8.47. The molecule has 2 heterocycles. The number of halogens is 3. The van der Waals surface area contributed by atoms with Gasteiger partial charge in [0.1, 0.15) is 10.7 Å². The predicted octanol–water partition coefficient (Wildman–Crippen LogP) is 4.48. The maximum absolute atomic E-state index is 12.2. The summed E-state index contributed by atoms with van der Waals surface area (Å²) in [6.07, 6.45) is 3.89. The van der Waals surface area contributed by atoms with E-state index in [1.54, 1.807) is 11.3 Å². The van der Waals surface area contributed by atoms with Gasteiger partial charge in [0, 0.05) is 27.3 Å². The highest BCUT2D eigenvalue weighted by Gasteiger charge is 2.21. The van der Waals surface area contributed by atoms with Gasteiger partial charge in [0.05, 0.1) is 4.88 Å². The Morgan fingerprint density at radius 1 is 1.22 bits per heavy atom. The molecular formula is C14H18BrCl2N3OS2. The van der Waals surface area contributed by atoms with Crippen LogP contribution in [0.2, 0.25) is 0 Å². The summed E-state index contributed by atoms with van der Waals surface area (Å²) in [7, 11) is 0. The Labute approximate surface area is 164 Å². The van der Waals surface area contributed by atoms with Gasteiger partial charge in [-0.05, 0) is 47.7 Å². The molecule has 1 aliphatic carbocycles. The van der Waals surface area contributed by atoms with Gasteiger partial charge < -0.3 is 11.1 Å². The number of rotatable bonds is 3. The molecule has 2 aromatic heterocycles. The molecule has 0 radical (unpaired) electrons. The Morgan fingerprint density at radius 3 is 2.52 bits per heavy atom. The number of hydrogen-bond donors (Lipinski definition) is 2. The summed E-state index contributed by atoms with van der Waals surface area (Å²) in [6.45, 7) is 0. The molecule has 1 saturated carbocycles. The molecule has 0 bridgehead atoms. The van der Waals surface area contributed by atoms with Crippen molar-refractivity contribution in [3.63, 3.8) is 0 Å². The molecule has 0 aliphatic heterocycles. The summed E-state index contributed by atoms with van der Waals surface area (Å²) in [5, 5.41) is 7.80. The first-order chi connectivity index (χ1) is 10.1. The van der Waals surface area contributed by atoms with Crippen LogP contribution in [0.5, 0.6) is 0 Å². The van der Waals surface area contributed by atoms with Gasteiger partial charge in [-0.2, -0.15) is 0 Å². The molecule has 1 amide bonds. The highest BCUT2D eigenvalue weighted by Crippen LogP contribution is 2.32. The zero-order valence-electron chi connectivity index (χ0n) is 12.2. The van der Waals surface area contributed by atoms with E-state index in [1.165, 1.54) is 11.3 Å². The van der Waals surface area contributed by atoms with Crippen LogP contribution in [-0.4, -0.2) is 23.0 Å². The normalized spacial score (nSPS) is 20.3. The number of thiazole rings is 1. The molecule has 0 saturated heterocycles. The summed E-state index contributed by atoms with van der Waals surface area (Å²) in [5.41, 5.74) is 6.39. The Morgan fingerprint density at radius 2 is 1.91 bits per heavy atom. The molecule has 0 unspecified atom stereocenters. The number of nitrogens with one attached hydrogen (secondary N) is 1. The molecule has 0 spiro atoms. The van der Waals surface area contributed by atoms with Gasteiger partial charge in [-0.1, -0.05) is 0 Å². The van der Waals surface area contributed by atoms with Gasteiger partial charge in [-0.25, -0.2) is 4.98 Å². The minimum atomic E-state index is -0.0754. The van der Waals surface area contributed by atoms with E-state index < -0.39 is 0 Å². The van der Waals surface area contributed by atoms with E-state index in [4.69, 9.17) is 5.73 Å². The monoisotopic (exact) mass is 457 g/mol. The number of hydrogen-bond acceptors (Lipinski definition) is 5. The molecule has 128 valence electrons. The van der Waals surface area contributed by atoms with E-state index in [9.17, 15) is 4.79 Å². The molecular weight excluding hydrogens is 441 g/mol. The number of carbonyl (C=O) groups is 1. The summed E-state index contributed by atoms with van der Waals surface area (Å²) in [6, 6.07) is 2.55. The van der Waals surface area contributed by atoms with Gasteiger partial charge >= 0.3 is 0 Å². The average molecular weight is 459 g/mol. The Hall–Kier alpha value is -0.180. The summed E-state index contributed by atoms with van der Waals surface area (Å²) >= 11 is 6.56. The number of amides is 1. The van der Waals surface area contributed by atoms with E-state index in [2.05, 4.69) is 26.2 Å². The zero-order chi connectivity index (χ0) is 14.8. The maximum Gasteiger partial charge on any atom is 0.270 e. The van der Waals surface area contributed by atoms with Crippen LogP contribution in [0.15, 0.2) is 21.3 Å². The van der Waals surface area contributed by atoms with Crippen LogP contribution in [0.4, 0.5) is 0 Å². The molecule has 0 atom stereocenters. The van der Waals surface area contributed by atoms with Crippen LogP contribution in [0.1, 0.15) is 36.2 Å². The SMILES string of the molecule is Cl.Cl.NC1CCC(NC(=O)c2csc(-c3cc(Br)cs3)n2)CC1. The first kappa shape index (κ1) is 20.9. The van der Waals surface area contributed by atoms with Gasteiger partial charge in [-0.3, -0.25) is 4.79 Å². The molecule has 4 nitrogen and oxygen atoms in total. The van der Waals surface area contributed by atoms with Crippen LogP contribution in [0.25, 0.3) is 9.88 Å². The molecule has 23 heavy (non-hydrogen) atoms. The molecule has 3 N–H and O–H groups in total. The first-order valence-electron chi connectivity index (χ1n) is 6.88. The Bertz CT molecular complexity index is 642.